The molecule has 10 rings (SSSR count). The molecule has 4 heterocycles. The van der Waals surface area contributed by atoms with Gasteiger partial charge in [0.15, 0.2) is 24.6 Å². The third-order valence-electron chi connectivity index (χ3n) is 16.6. The number of fused-ring (bicyclic) bond motifs is 8. The van der Waals surface area contributed by atoms with Crippen molar-refractivity contribution < 1.29 is 104 Å². The Morgan fingerprint density at radius 1 is 0.791 bits per heavy atom. The van der Waals surface area contributed by atoms with Gasteiger partial charge in [-0.1, -0.05) is 54.3 Å². The first-order chi connectivity index (χ1) is 43.8. The molecule has 91 heavy (non-hydrogen) atoms. The number of hydrogen-bond donors (Lipinski definition) is 7. The maximum Gasteiger partial charge on any atom is 0.267 e. The monoisotopic (exact) mass is 1280 g/mol. The van der Waals surface area contributed by atoms with Crippen LogP contribution in [-0.4, -0.2) is 216 Å². The summed E-state index contributed by atoms with van der Waals surface area (Å²) in [6.07, 6.45) is -5.71. The lowest BCUT2D eigenvalue weighted by atomic mass is 9.72. The van der Waals surface area contributed by atoms with Crippen LogP contribution >= 0.6 is 0 Å². The standard InChI is InChI=1S/C63H73N5O22S/c1-36-58-44(67-21-24-87-61(82-3)60(67)90-58)31-49(88-36)89-46-33-63(77,32-41-51(46)57(74)53-52(55(41)72)54(71)40-12-8-14-45(81-2)50(40)56(53)73)62(76)65-20-23-84-26-28-86-30-29-85-27-25-83-22-18-47(69)66-42(35-91(78,79)80)59(75)64-19-17-48(70)68-34-39-11-5-4-9-37(39)15-16-38-10-6-7-13-43(38)68/h4-14,36,42,44,46,49,58,60-61,72,74,77H,17-35H2,1-3H3,(H,64,75)(H,65,76)(H,66,69)(H,78,79,80)/t36-,42-,44-,46-,49-,58+,60+,61-,63-/m0/s1. The van der Waals surface area contributed by atoms with Gasteiger partial charge >= 0.3 is 0 Å². The van der Waals surface area contributed by atoms with Crippen LogP contribution < -0.4 is 25.6 Å². The number of carbonyl (C=O) groups excluding carboxylic acids is 6. The largest absolute Gasteiger partial charge is 0.507 e. The molecule has 0 spiro atoms. The summed E-state index contributed by atoms with van der Waals surface area (Å²) in [6.45, 7) is 3.38. The Kier molecular flexibility index (Phi) is 21.5. The van der Waals surface area contributed by atoms with Crippen molar-refractivity contribution in [2.24, 2.45) is 0 Å². The zero-order valence-corrected chi connectivity index (χ0v) is 51.2. The second-order valence-corrected chi connectivity index (χ2v) is 24.0. The summed E-state index contributed by atoms with van der Waals surface area (Å²) in [4.78, 5) is 85.6. The van der Waals surface area contributed by atoms with Crippen LogP contribution in [0.15, 0.2) is 66.7 Å². The average Bonchev–Trinajstić information content (AvgIpc) is 1.08. The van der Waals surface area contributed by atoms with Gasteiger partial charge in [0.25, 0.3) is 16.0 Å². The Bertz CT molecular complexity index is 3580. The Hall–Kier alpha value is -7.47. The number of ether oxygens (including phenoxy) is 10. The molecule has 7 N–H and O–H groups in total. The fourth-order valence-corrected chi connectivity index (χ4v) is 12.9. The predicted octanol–water partition coefficient (Wildman–Crippen LogP) is 1.55. The minimum atomic E-state index is -4.72. The van der Waals surface area contributed by atoms with E-state index in [4.69, 9.17) is 47.4 Å². The molecule has 0 unspecified atom stereocenters. The third-order valence-corrected chi connectivity index (χ3v) is 17.3. The molecule has 4 amide bonds. The lowest BCUT2D eigenvalue weighted by Gasteiger charge is -2.43. The number of phenols is 2. The molecule has 9 atom stereocenters. The number of aliphatic hydroxyl groups is 1. The van der Waals surface area contributed by atoms with E-state index >= 15 is 0 Å². The highest BCUT2D eigenvalue weighted by atomic mass is 32.2. The van der Waals surface area contributed by atoms with E-state index in [1.165, 1.54) is 32.4 Å². The highest BCUT2D eigenvalue weighted by Crippen LogP contribution is 2.53. The van der Waals surface area contributed by atoms with Gasteiger partial charge in [0.05, 0.1) is 108 Å². The SMILES string of the molecule is COc1cccc2c1C(=O)c1c(O)c3c(c(O)c1C2=O)C[C@@](O)(C(=O)NCCOCCOCCOCCOCCC(=O)N[C@@H](CS(=O)(=O)O)C(=O)NCCC(=O)N1Cc2ccccc2C#Cc2ccccc21)C[C@@H]3O[C@H]1C[C@H]2[C@H](O[C@@H]3[C@@H](OC)OCCN32)[C@H](C)O1. The van der Waals surface area contributed by atoms with Crippen molar-refractivity contribution in [1.29, 1.82) is 0 Å². The molecule has 6 aliphatic rings. The molecule has 4 aliphatic heterocycles. The Balaban J connectivity index is 0.640. The first-order valence-corrected chi connectivity index (χ1v) is 31.5. The van der Waals surface area contributed by atoms with Crippen molar-refractivity contribution in [2.75, 3.05) is 104 Å². The van der Waals surface area contributed by atoms with Crippen LogP contribution in [0.4, 0.5) is 5.69 Å². The van der Waals surface area contributed by atoms with Crippen LogP contribution in [0.25, 0.3) is 0 Å². The summed E-state index contributed by atoms with van der Waals surface area (Å²) in [5.41, 5.74) is -0.836. The minimum Gasteiger partial charge on any atom is -0.507 e. The number of rotatable bonds is 27. The number of methoxy groups -OCH3 is 2. The van der Waals surface area contributed by atoms with E-state index in [1.54, 1.807) is 23.1 Å². The van der Waals surface area contributed by atoms with Crippen LogP contribution in [0.5, 0.6) is 17.2 Å². The van der Waals surface area contributed by atoms with Crippen molar-refractivity contribution in [3.8, 4) is 29.1 Å². The van der Waals surface area contributed by atoms with E-state index in [2.05, 4.69) is 32.7 Å². The molecule has 0 radical (unpaired) electrons. The normalized spacial score (nSPS) is 23.4. The predicted molar refractivity (Wildman–Crippen MR) is 319 cm³/mol. The first kappa shape index (κ1) is 66.5. The van der Waals surface area contributed by atoms with Gasteiger partial charge in [-0.25, -0.2) is 0 Å². The van der Waals surface area contributed by atoms with Gasteiger partial charge in [0.2, 0.25) is 23.5 Å². The summed E-state index contributed by atoms with van der Waals surface area (Å²) in [5, 5.41) is 43.9. The number of nitrogens with one attached hydrogen (secondary N) is 3. The first-order valence-electron chi connectivity index (χ1n) is 29.9. The fourth-order valence-electron chi connectivity index (χ4n) is 12.2. The number of para-hydroxylation sites is 1. The lowest BCUT2D eigenvalue weighted by molar-refractivity contribution is -0.256. The molecule has 488 valence electrons. The molecule has 0 aromatic heterocycles. The maximum atomic E-state index is 14.3. The fraction of sp³-hybridized carbons (Fsp3) is 0.492. The van der Waals surface area contributed by atoms with E-state index in [0.29, 0.717) is 24.4 Å². The number of phenolic OH excluding ortho intramolecular Hbond substituents is 2. The van der Waals surface area contributed by atoms with Crippen molar-refractivity contribution in [1.82, 2.24) is 20.9 Å². The zero-order chi connectivity index (χ0) is 64.6. The van der Waals surface area contributed by atoms with Crippen molar-refractivity contribution in [3.63, 3.8) is 0 Å². The number of ketones is 2. The van der Waals surface area contributed by atoms with E-state index < -0.39 is 129 Å². The molecule has 4 aromatic carbocycles. The van der Waals surface area contributed by atoms with Crippen LogP contribution in [0.2, 0.25) is 0 Å². The molecule has 4 aromatic rings. The maximum absolute atomic E-state index is 14.3. The number of anilines is 1. The topological polar surface area (TPSA) is 352 Å². The minimum absolute atomic E-state index is 0.00348. The molecule has 3 fully saturated rings. The van der Waals surface area contributed by atoms with E-state index in [9.17, 15) is 57.1 Å². The summed E-state index contributed by atoms with van der Waals surface area (Å²) in [5.74, 6) is -0.530. The van der Waals surface area contributed by atoms with Gasteiger partial charge in [-0.2, -0.15) is 8.42 Å². The van der Waals surface area contributed by atoms with Gasteiger partial charge in [0, 0.05) is 92.7 Å². The van der Waals surface area contributed by atoms with Gasteiger partial charge in [-0.15, -0.1) is 0 Å². The van der Waals surface area contributed by atoms with Gasteiger partial charge in [-0.05, 0) is 36.8 Å². The second-order valence-electron chi connectivity index (χ2n) is 22.5. The van der Waals surface area contributed by atoms with E-state index in [1.807, 2.05) is 37.3 Å². The van der Waals surface area contributed by atoms with Gasteiger partial charge in [-0.3, -0.25) is 38.2 Å². The summed E-state index contributed by atoms with van der Waals surface area (Å²) in [6, 6.07) is 17.1. The van der Waals surface area contributed by atoms with Crippen LogP contribution in [0.1, 0.15) is 98.4 Å². The van der Waals surface area contributed by atoms with E-state index in [-0.39, 0.29) is 132 Å². The number of morpholine rings is 1. The summed E-state index contributed by atoms with van der Waals surface area (Å²) >= 11 is 0. The number of carbonyl (C=O) groups is 6. The number of aromatic hydroxyl groups is 2. The van der Waals surface area contributed by atoms with E-state index in [0.717, 1.165) is 11.1 Å². The molecule has 2 aliphatic carbocycles. The molecule has 0 bridgehead atoms. The highest BCUT2D eigenvalue weighted by molar-refractivity contribution is 7.85. The van der Waals surface area contributed by atoms with Crippen LogP contribution in [0.3, 0.4) is 0 Å². The van der Waals surface area contributed by atoms with Crippen LogP contribution in [0, 0.1) is 11.8 Å². The van der Waals surface area contributed by atoms with Crippen molar-refractivity contribution >= 4 is 51.0 Å². The van der Waals surface area contributed by atoms with Gasteiger partial charge in [0.1, 0.15) is 40.7 Å². The Morgan fingerprint density at radius 3 is 2.20 bits per heavy atom. The van der Waals surface area contributed by atoms with Crippen molar-refractivity contribution in [3.05, 3.63) is 117 Å². The summed E-state index contributed by atoms with van der Waals surface area (Å²) < 4.78 is 91.4. The van der Waals surface area contributed by atoms with Crippen molar-refractivity contribution in [2.45, 2.75) is 100 Å². The second kappa shape index (κ2) is 29.4. The Morgan fingerprint density at radius 2 is 1.47 bits per heavy atom. The number of hydrogen-bond acceptors (Lipinski definition) is 22. The van der Waals surface area contributed by atoms with Gasteiger partial charge < -0.3 is 83.5 Å². The average molecular weight is 1280 g/mol. The lowest BCUT2D eigenvalue weighted by Crippen LogP contribution is -2.55. The molecule has 0 saturated carbocycles. The highest BCUT2D eigenvalue weighted by Gasteiger charge is 2.55. The molecule has 28 heteroatoms. The zero-order valence-electron chi connectivity index (χ0n) is 50.3. The molecular weight excluding hydrogens is 1210 g/mol. The third kappa shape index (κ3) is 15.1. The quantitative estimate of drug-likeness (QED) is 0.0170. The molecule has 3 saturated heterocycles. The van der Waals surface area contributed by atoms with Crippen LogP contribution in [-0.2, 0) is 84.9 Å². The summed E-state index contributed by atoms with van der Waals surface area (Å²) in [7, 11) is -1.86. The smallest absolute Gasteiger partial charge is 0.267 e. The number of benzene rings is 4. The molecule has 27 nitrogen and oxygen atoms in total. The number of nitrogens with zero attached hydrogens (tertiary/aromatic N) is 2. The Labute approximate surface area is 524 Å². The number of amides is 4. The molecular formula is C63H73N5O22S.